The molecule has 1 amide bonds. The number of aryl methyl sites for hydroxylation is 1. The summed E-state index contributed by atoms with van der Waals surface area (Å²) in [5.74, 6) is 0.503. The summed E-state index contributed by atoms with van der Waals surface area (Å²) in [7, 11) is -3.32. The zero-order valence-corrected chi connectivity index (χ0v) is 13.3. The molecule has 0 aliphatic rings. The second kappa shape index (κ2) is 5.94. The summed E-state index contributed by atoms with van der Waals surface area (Å²) in [6.45, 7) is 3.39. The number of nitrogens with zero attached hydrogens (tertiary/aromatic N) is 1. The van der Waals surface area contributed by atoms with Gasteiger partial charge < -0.3 is 4.42 Å². The molecule has 7 heteroatoms. The zero-order chi connectivity index (χ0) is 16.5. The largest absolute Gasteiger partial charge is 0.464 e. The van der Waals surface area contributed by atoms with Crippen LogP contribution in [0.4, 0.5) is 0 Å². The van der Waals surface area contributed by atoms with E-state index in [1.54, 1.807) is 26.0 Å². The van der Waals surface area contributed by atoms with Gasteiger partial charge in [0.2, 0.25) is 0 Å². The van der Waals surface area contributed by atoms with Crippen LogP contribution in [-0.2, 0) is 9.84 Å². The van der Waals surface area contributed by atoms with Gasteiger partial charge in [-0.05, 0) is 50.2 Å². The minimum atomic E-state index is -3.32. The maximum atomic E-state index is 12.2. The molecular weight excluding hydrogens is 306 g/mol. The number of hydrogen-bond donors (Lipinski definition) is 1. The molecule has 0 spiro atoms. The summed E-state index contributed by atoms with van der Waals surface area (Å²) in [6, 6.07) is 8.16. The van der Waals surface area contributed by atoms with Crippen LogP contribution in [-0.4, -0.2) is 30.9 Å². The molecule has 1 atom stereocenters. The van der Waals surface area contributed by atoms with Crippen molar-refractivity contribution >= 4 is 15.7 Å². The number of amides is 1. The summed E-state index contributed by atoms with van der Waals surface area (Å²) in [6.07, 6.45) is 1.09. The average Bonchev–Trinajstić information content (AvgIpc) is 2.90. The number of benzene rings is 1. The lowest BCUT2D eigenvalue weighted by atomic mass is 10.2. The molecular formula is C15H17NO5S. The third kappa shape index (κ3) is 3.37. The smallest absolute Gasteiger partial charge is 0.277 e. The van der Waals surface area contributed by atoms with Gasteiger partial charge in [0.1, 0.15) is 17.6 Å². The predicted octanol–water partition coefficient (Wildman–Crippen LogP) is 2.58. The molecule has 1 unspecified atom stereocenters. The molecule has 0 saturated carbocycles. The standard InChI is InChI=1S/C15H17NO5S/c1-10-4-9-14(21-10)11(2)16(18)15(17)12-5-7-13(8-6-12)22(3,19)20/h4-9,11,18H,1-3H3. The number of carbonyl (C=O) groups is 1. The molecule has 1 N–H and O–H groups in total. The number of carbonyl (C=O) groups excluding carboxylic acids is 1. The van der Waals surface area contributed by atoms with Crippen LogP contribution in [0.1, 0.15) is 34.8 Å². The Labute approximate surface area is 128 Å². The highest BCUT2D eigenvalue weighted by Crippen LogP contribution is 2.23. The summed E-state index contributed by atoms with van der Waals surface area (Å²) in [4.78, 5) is 12.3. The molecule has 2 aromatic rings. The minimum Gasteiger partial charge on any atom is -0.464 e. The molecule has 1 heterocycles. The van der Waals surface area contributed by atoms with Crippen molar-refractivity contribution in [2.24, 2.45) is 0 Å². The molecule has 6 nitrogen and oxygen atoms in total. The first-order valence-corrected chi connectivity index (χ1v) is 8.48. The molecule has 22 heavy (non-hydrogen) atoms. The Bertz CT molecular complexity index is 777. The fraction of sp³-hybridized carbons (Fsp3) is 0.267. The van der Waals surface area contributed by atoms with Crippen LogP contribution < -0.4 is 0 Å². The van der Waals surface area contributed by atoms with Crippen molar-refractivity contribution in [3.63, 3.8) is 0 Å². The van der Waals surface area contributed by atoms with Gasteiger partial charge in [0, 0.05) is 11.8 Å². The Balaban J connectivity index is 2.20. The van der Waals surface area contributed by atoms with E-state index in [-0.39, 0.29) is 10.5 Å². The van der Waals surface area contributed by atoms with E-state index >= 15 is 0 Å². The van der Waals surface area contributed by atoms with E-state index in [0.29, 0.717) is 16.6 Å². The monoisotopic (exact) mass is 323 g/mol. The lowest BCUT2D eigenvalue weighted by Gasteiger charge is -2.21. The molecule has 1 aromatic heterocycles. The van der Waals surface area contributed by atoms with Gasteiger partial charge in [0.05, 0.1) is 4.90 Å². The highest BCUT2D eigenvalue weighted by Gasteiger charge is 2.23. The number of furan rings is 1. The molecule has 2 rings (SSSR count). The first kappa shape index (κ1) is 16.3. The topological polar surface area (TPSA) is 87.8 Å². The van der Waals surface area contributed by atoms with Crippen molar-refractivity contribution in [3.8, 4) is 0 Å². The van der Waals surface area contributed by atoms with Crippen LogP contribution in [0.15, 0.2) is 45.7 Å². The van der Waals surface area contributed by atoms with Gasteiger partial charge in [-0.25, -0.2) is 13.5 Å². The summed E-state index contributed by atoms with van der Waals surface area (Å²) in [5, 5.41) is 10.6. The zero-order valence-electron chi connectivity index (χ0n) is 12.5. The number of sulfone groups is 1. The molecule has 0 bridgehead atoms. The quantitative estimate of drug-likeness (QED) is 0.690. The summed E-state index contributed by atoms with van der Waals surface area (Å²) >= 11 is 0. The van der Waals surface area contributed by atoms with Crippen LogP contribution in [0, 0.1) is 6.92 Å². The fourth-order valence-corrected chi connectivity index (χ4v) is 2.58. The molecule has 118 valence electrons. The van der Waals surface area contributed by atoms with Crippen LogP contribution >= 0.6 is 0 Å². The van der Waals surface area contributed by atoms with E-state index in [1.165, 1.54) is 24.3 Å². The highest BCUT2D eigenvalue weighted by molar-refractivity contribution is 7.90. The Morgan fingerprint density at radius 1 is 1.18 bits per heavy atom. The molecule has 0 aliphatic heterocycles. The maximum Gasteiger partial charge on any atom is 0.277 e. The summed E-state index contributed by atoms with van der Waals surface area (Å²) < 4.78 is 28.2. The van der Waals surface area contributed by atoms with Crippen molar-refractivity contribution in [1.29, 1.82) is 0 Å². The highest BCUT2D eigenvalue weighted by atomic mass is 32.2. The van der Waals surface area contributed by atoms with Gasteiger partial charge in [-0.2, -0.15) is 0 Å². The van der Waals surface area contributed by atoms with Gasteiger partial charge >= 0.3 is 0 Å². The van der Waals surface area contributed by atoms with Crippen molar-refractivity contribution < 1.29 is 22.8 Å². The molecule has 0 saturated heterocycles. The average molecular weight is 323 g/mol. The third-order valence-corrected chi connectivity index (χ3v) is 4.41. The van der Waals surface area contributed by atoms with Gasteiger partial charge in [-0.1, -0.05) is 0 Å². The Morgan fingerprint density at radius 3 is 2.23 bits per heavy atom. The van der Waals surface area contributed by atoms with Crippen molar-refractivity contribution in [2.75, 3.05) is 6.26 Å². The maximum absolute atomic E-state index is 12.2. The van der Waals surface area contributed by atoms with E-state index in [9.17, 15) is 18.4 Å². The van der Waals surface area contributed by atoms with E-state index in [2.05, 4.69) is 0 Å². The van der Waals surface area contributed by atoms with Crippen molar-refractivity contribution in [3.05, 3.63) is 53.5 Å². The molecule has 0 radical (unpaired) electrons. The van der Waals surface area contributed by atoms with Crippen LogP contribution in [0.3, 0.4) is 0 Å². The van der Waals surface area contributed by atoms with E-state index in [4.69, 9.17) is 4.42 Å². The fourth-order valence-electron chi connectivity index (χ4n) is 1.95. The van der Waals surface area contributed by atoms with E-state index in [0.717, 1.165) is 6.26 Å². The third-order valence-electron chi connectivity index (χ3n) is 3.28. The van der Waals surface area contributed by atoms with Gasteiger partial charge in [-0.3, -0.25) is 10.0 Å². The first-order valence-electron chi connectivity index (χ1n) is 6.59. The normalized spacial score (nSPS) is 12.9. The van der Waals surface area contributed by atoms with Gasteiger partial charge in [0.15, 0.2) is 9.84 Å². The number of hydrogen-bond acceptors (Lipinski definition) is 5. The Hall–Kier alpha value is -2.12. The van der Waals surface area contributed by atoms with Gasteiger partial charge in [0.25, 0.3) is 5.91 Å². The SMILES string of the molecule is Cc1ccc(C(C)N(O)C(=O)c2ccc(S(C)(=O)=O)cc2)o1. The van der Waals surface area contributed by atoms with Gasteiger partial charge in [-0.15, -0.1) is 0 Å². The van der Waals surface area contributed by atoms with Crippen molar-refractivity contribution in [1.82, 2.24) is 5.06 Å². The molecule has 1 aromatic carbocycles. The summed E-state index contributed by atoms with van der Waals surface area (Å²) in [5.41, 5.74) is 0.185. The second-order valence-electron chi connectivity index (χ2n) is 5.07. The van der Waals surface area contributed by atoms with Crippen LogP contribution in [0.2, 0.25) is 0 Å². The van der Waals surface area contributed by atoms with E-state index < -0.39 is 21.8 Å². The lowest BCUT2D eigenvalue weighted by Crippen LogP contribution is -2.30. The first-order chi connectivity index (χ1) is 10.2. The Kier molecular flexibility index (Phi) is 4.39. The second-order valence-corrected chi connectivity index (χ2v) is 7.09. The minimum absolute atomic E-state index is 0.114. The van der Waals surface area contributed by atoms with Crippen LogP contribution in [0.25, 0.3) is 0 Å². The van der Waals surface area contributed by atoms with Crippen molar-refractivity contribution in [2.45, 2.75) is 24.8 Å². The molecule has 0 fully saturated rings. The predicted molar refractivity (Wildman–Crippen MR) is 79.4 cm³/mol. The molecule has 0 aliphatic carbocycles. The lowest BCUT2D eigenvalue weighted by molar-refractivity contribution is -0.0899. The Morgan fingerprint density at radius 2 is 1.77 bits per heavy atom. The van der Waals surface area contributed by atoms with Crippen LogP contribution in [0.5, 0.6) is 0 Å². The van der Waals surface area contributed by atoms with E-state index in [1.807, 2.05) is 0 Å². The number of hydroxylamine groups is 2. The number of rotatable bonds is 4.